The highest BCUT2D eigenvalue weighted by molar-refractivity contribution is 5.88. The molecular weight excluding hydrogens is 931 g/mol. The van der Waals surface area contributed by atoms with Gasteiger partial charge in [0.05, 0.1) is 6.61 Å². The van der Waals surface area contributed by atoms with Gasteiger partial charge in [-0.15, -0.1) is 0 Å². The predicted molar refractivity (Wildman–Crippen MR) is 239 cm³/mol. The molecule has 0 aliphatic carbocycles. The molecule has 2 aliphatic rings. The molecule has 0 bridgehead atoms. The van der Waals surface area contributed by atoms with Crippen LogP contribution < -0.4 is 16.0 Å². The van der Waals surface area contributed by atoms with Crippen LogP contribution >= 0.6 is 0 Å². The Morgan fingerprint density at radius 2 is 0.971 bits per heavy atom. The summed E-state index contributed by atoms with van der Waals surface area (Å²) < 4.78 is 63.2. The monoisotopic (exact) mass is 1000 g/mol. The molecule has 2 rings (SSSR count). The maximum atomic E-state index is 13.7. The minimum absolute atomic E-state index is 0.00383. The summed E-state index contributed by atoms with van der Waals surface area (Å²) in [7, 11) is 0. The van der Waals surface area contributed by atoms with Crippen LogP contribution in [-0.4, -0.2) is 160 Å². The summed E-state index contributed by atoms with van der Waals surface area (Å²) in [5, 5.41) is 8.14. The minimum atomic E-state index is -1.90. The number of ether oxygens (including phenoxy) is 11. The molecule has 0 saturated carbocycles. The Bertz CT molecular complexity index is 1780. The molecule has 0 radical (unpaired) electrons. The Kier molecular flexibility index (Phi) is 27.8. The number of amides is 3. The Balaban J connectivity index is 2.61. The van der Waals surface area contributed by atoms with Crippen LogP contribution in [0.1, 0.15) is 120 Å². The van der Waals surface area contributed by atoms with Crippen molar-refractivity contribution in [3.8, 4) is 0 Å². The molecule has 2 fully saturated rings. The van der Waals surface area contributed by atoms with E-state index in [4.69, 9.17) is 52.1 Å². The third-order valence-corrected chi connectivity index (χ3v) is 10.4. The molecule has 396 valence electrons. The van der Waals surface area contributed by atoms with Gasteiger partial charge in [-0.1, -0.05) is 52.0 Å². The highest BCUT2D eigenvalue weighted by Gasteiger charge is 2.58. The Morgan fingerprint density at radius 1 is 0.529 bits per heavy atom. The molecule has 70 heavy (non-hydrogen) atoms. The first-order chi connectivity index (χ1) is 33.2. The van der Waals surface area contributed by atoms with Crippen molar-refractivity contribution in [1.29, 1.82) is 0 Å². The molecule has 11 atom stereocenters. The fraction of sp³-hybridized carbons (Fsp3) is 0.739. The normalized spacial score (nSPS) is 24.3. The lowest BCUT2D eigenvalue weighted by molar-refractivity contribution is -0.361. The van der Waals surface area contributed by atoms with E-state index in [1.165, 1.54) is 0 Å². The number of carbonyl (C=O) groups is 10. The van der Waals surface area contributed by atoms with E-state index in [9.17, 15) is 47.9 Å². The van der Waals surface area contributed by atoms with Gasteiger partial charge in [0.25, 0.3) is 0 Å². The van der Waals surface area contributed by atoms with Crippen molar-refractivity contribution in [2.45, 2.75) is 187 Å². The summed E-state index contributed by atoms with van der Waals surface area (Å²) in [6.45, 7) is 11.5. The molecule has 2 heterocycles. The maximum Gasteiger partial charge on any atom is 0.303 e. The molecule has 3 amide bonds. The zero-order chi connectivity index (χ0) is 52.3. The second-order valence-electron chi connectivity index (χ2n) is 16.5. The molecular formula is C46H71N3O21. The number of rotatable bonds is 30. The number of esters is 7. The zero-order valence-electron chi connectivity index (χ0n) is 41.3. The second-order valence-corrected chi connectivity index (χ2v) is 16.5. The van der Waals surface area contributed by atoms with Gasteiger partial charge in [-0.3, -0.25) is 47.9 Å². The number of carbonyl (C=O) groups excluding carboxylic acids is 10. The number of nitrogens with one attached hydrogen (secondary N) is 3. The first kappa shape index (κ1) is 60.4. The lowest BCUT2D eigenvalue weighted by Gasteiger charge is -2.48. The van der Waals surface area contributed by atoms with Crippen LogP contribution in [0.2, 0.25) is 0 Å². The van der Waals surface area contributed by atoms with E-state index < -0.39 is 141 Å². The van der Waals surface area contributed by atoms with Gasteiger partial charge in [-0.25, -0.2) is 0 Å². The van der Waals surface area contributed by atoms with E-state index >= 15 is 0 Å². The molecule has 4 unspecified atom stereocenters. The smallest absolute Gasteiger partial charge is 0.303 e. The van der Waals surface area contributed by atoms with Gasteiger partial charge in [-0.05, 0) is 25.3 Å². The van der Waals surface area contributed by atoms with Crippen molar-refractivity contribution >= 4 is 59.5 Å². The van der Waals surface area contributed by atoms with Gasteiger partial charge in [-0.2, -0.15) is 0 Å². The fourth-order valence-electron chi connectivity index (χ4n) is 7.36. The van der Waals surface area contributed by atoms with Crippen LogP contribution in [0, 0.1) is 0 Å². The maximum absolute atomic E-state index is 13.7. The number of unbranched alkanes of at least 4 members (excludes halogenated alkanes) is 7. The Morgan fingerprint density at radius 3 is 1.50 bits per heavy atom. The van der Waals surface area contributed by atoms with Crippen molar-refractivity contribution in [3.05, 3.63) is 12.7 Å². The third-order valence-electron chi connectivity index (χ3n) is 10.4. The van der Waals surface area contributed by atoms with Crippen molar-refractivity contribution in [2.75, 3.05) is 32.9 Å². The molecule has 0 aromatic heterocycles. The van der Waals surface area contributed by atoms with Crippen molar-refractivity contribution in [3.63, 3.8) is 0 Å². The van der Waals surface area contributed by atoms with Crippen molar-refractivity contribution in [1.82, 2.24) is 16.0 Å². The van der Waals surface area contributed by atoms with Crippen LogP contribution in [0.25, 0.3) is 0 Å². The standard InChI is InChI=1S/C46H71N3O21/c1-10-12-13-14-15-18-22-48-44(59)33(49-37(58)20-17-16-19-21-47-36(57)11-2)23-62-45-42(66-31(8)55)41(65-30(7)54)39(35(68-45)25-61-27(4)51)70-46-43(67-32(9)56)40(64-29(6)53)38(63-28(5)52)34(69-46)24-60-26(3)50/h11,33-35,38-43,45-46H,2,10,12-25H2,1,3-9H3,(H,47,57)(H,48,59)(H,49,58)/t33-,34?,35+,38-,39+,40-,41?,42?,43?,45-,46-/m0/s1. The average molecular weight is 1000 g/mol. The van der Waals surface area contributed by atoms with Gasteiger partial charge < -0.3 is 68.1 Å². The summed E-state index contributed by atoms with van der Waals surface area (Å²) >= 11 is 0. The molecule has 2 saturated heterocycles. The summed E-state index contributed by atoms with van der Waals surface area (Å²) in [6.07, 6.45) is -8.62. The van der Waals surface area contributed by atoms with Crippen LogP contribution in [0.3, 0.4) is 0 Å². The van der Waals surface area contributed by atoms with E-state index in [2.05, 4.69) is 29.5 Å². The molecule has 24 heteroatoms. The summed E-state index contributed by atoms with van der Waals surface area (Å²) in [4.78, 5) is 126. The third kappa shape index (κ3) is 22.8. The highest BCUT2D eigenvalue weighted by Crippen LogP contribution is 2.35. The van der Waals surface area contributed by atoms with Crippen LogP contribution in [0.5, 0.6) is 0 Å². The summed E-state index contributed by atoms with van der Waals surface area (Å²) in [5.41, 5.74) is 0. The molecule has 24 nitrogen and oxygen atoms in total. The zero-order valence-corrected chi connectivity index (χ0v) is 41.3. The van der Waals surface area contributed by atoms with E-state index in [0.717, 1.165) is 86.6 Å². The van der Waals surface area contributed by atoms with E-state index in [1.807, 2.05) is 0 Å². The molecule has 2 aliphatic heterocycles. The van der Waals surface area contributed by atoms with Gasteiger partial charge in [0, 0.05) is 68.0 Å². The van der Waals surface area contributed by atoms with Crippen LogP contribution in [-0.2, 0) is 100 Å². The highest BCUT2D eigenvalue weighted by atomic mass is 16.8. The van der Waals surface area contributed by atoms with Gasteiger partial charge in [0.1, 0.15) is 37.6 Å². The van der Waals surface area contributed by atoms with Gasteiger partial charge in [0.15, 0.2) is 43.1 Å². The quantitative estimate of drug-likeness (QED) is 0.0397. The van der Waals surface area contributed by atoms with E-state index in [-0.39, 0.29) is 18.9 Å². The van der Waals surface area contributed by atoms with Crippen molar-refractivity contribution < 1.29 is 100 Å². The van der Waals surface area contributed by atoms with Gasteiger partial charge >= 0.3 is 41.8 Å². The Hall–Kier alpha value is -5.72. The van der Waals surface area contributed by atoms with E-state index in [1.54, 1.807) is 0 Å². The minimum Gasteiger partial charge on any atom is -0.463 e. The van der Waals surface area contributed by atoms with Crippen molar-refractivity contribution in [2.24, 2.45) is 0 Å². The molecule has 0 spiro atoms. The first-order valence-electron chi connectivity index (χ1n) is 23.3. The SMILES string of the molecule is C=CC(=O)NCCCCCC(=O)N[C@@H](CO[C@H]1O[C@H](COC(C)=O)[C@@H](O[C@@H]2OC(COC(C)=O)[C@H](OC(C)=O)[C@H](OC(C)=O)C2OC(C)=O)C(OC(C)=O)C1OC(C)=O)C(=O)NCCCCCCCC. The molecule has 3 N–H and O–H groups in total. The number of hydrogen-bond acceptors (Lipinski definition) is 21. The van der Waals surface area contributed by atoms with Crippen LogP contribution in [0.4, 0.5) is 0 Å². The molecule has 0 aromatic carbocycles. The van der Waals surface area contributed by atoms with Gasteiger partial charge in [0.2, 0.25) is 17.7 Å². The Labute approximate surface area is 407 Å². The topological polar surface area (TPSA) is 308 Å². The van der Waals surface area contributed by atoms with E-state index in [0.29, 0.717) is 32.2 Å². The summed E-state index contributed by atoms with van der Waals surface area (Å²) in [5.74, 6) is -7.78. The largest absolute Gasteiger partial charge is 0.463 e. The lowest BCUT2D eigenvalue weighted by Crippen LogP contribution is -2.67. The molecule has 0 aromatic rings. The first-order valence-corrected chi connectivity index (χ1v) is 23.3. The second kappa shape index (κ2) is 32.2. The average Bonchev–Trinajstić information content (AvgIpc) is 3.27. The summed E-state index contributed by atoms with van der Waals surface area (Å²) in [6, 6.07) is -1.35. The van der Waals surface area contributed by atoms with Crippen LogP contribution in [0.15, 0.2) is 12.7 Å². The predicted octanol–water partition coefficient (Wildman–Crippen LogP) is 1.45. The lowest BCUT2D eigenvalue weighted by atomic mass is 9.96. The number of hydrogen-bond donors (Lipinski definition) is 3. The fourth-order valence-corrected chi connectivity index (χ4v) is 7.36.